The highest BCUT2D eigenvalue weighted by Crippen LogP contribution is 2.25. The van der Waals surface area contributed by atoms with Crippen LogP contribution in [0.4, 0.5) is 4.39 Å². The molecule has 1 heterocycles. The maximum Gasteiger partial charge on any atom is 0.222 e. The van der Waals surface area contributed by atoms with Gasteiger partial charge in [-0.2, -0.15) is 0 Å². The van der Waals surface area contributed by atoms with Crippen LogP contribution in [0.3, 0.4) is 0 Å². The van der Waals surface area contributed by atoms with Crippen molar-refractivity contribution < 1.29 is 14.3 Å². The SMILES string of the molecule is CC(NC1CCC(=O)N(C)C1)c1ccc(F)cc1O. The van der Waals surface area contributed by atoms with Crippen molar-refractivity contribution in [2.75, 3.05) is 13.6 Å². The van der Waals surface area contributed by atoms with Crippen LogP contribution in [0.2, 0.25) is 0 Å². The summed E-state index contributed by atoms with van der Waals surface area (Å²) in [6, 6.07) is 4.14. The van der Waals surface area contributed by atoms with Crippen molar-refractivity contribution in [2.24, 2.45) is 0 Å². The van der Waals surface area contributed by atoms with Crippen molar-refractivity contribution in [3.05, 3.63) is 29.6 Å². The quantitative estimate of drug-likeness (QED) is 0.877. The van der Waals surface area contributed by atoms with Crippen molar-refractivity contribution in [3.63, 3.8) is 0 Å². The molecule has 2 rings (SSSR count). The van der Waals surface area contributed by atoms with Gasteiger partial charge in [0.1, 0.15) is 11.6 Å². The largest absolute Gasteiger partial charge is 0.508 e. The summed E-state index contributed by atoms with van der Waals surface area (Å²) in [5.41, 5.74) is 0.668. The number of hydrogen-bond donors (Lipinski definition) is 2. The molecule has 1 saturated heterocycles. The van der Waals surface area contributed by atoms with Gasteiger partial charge in [-0.05, 0) is 19.4 Å². The zero-order chi connectivity index (χ0) is 14.0. The lowest BCUT2D eigenvalue weighted by Crippen LogP contribution is -2.47. The van der Waals surface area contributed by atoms with E-state index in [-0.39, 0.29) is 23.7 Å². The van der Waals surface area contributed by atoms with Crippen LogP contribution in [-0.2, 0) is 4.79 Å². The van der Waals surface area contributed by atoms with Gasteiger partial charge in [-0.25, -0.2) is 4.39 Å². The molecule has 0 saturated carbocycles. The zero-order valence-electron chi connectivity index (χ0n) is 11.2. The number of likely N-dealkylation sites (N-methyl/N-ethyl adjacent to an activating group) is 1. The summed E-state index contributed by atoms with van der Waals surface area (Å²) in [5, 5.41) is 13.1. The maximum absolute atomic E-state index is 12.9. The first-order valence-corrected chi connectivity index (χ1v) is 6.46. The number of hydrogen-bond acceptors (Lipinski definition) is 3. The number of rotatable bonds is 3. The highest BCUT2D eigenvalue weighted by Gasteiger charge is 2.24. The standard InChI is InChI=1S/C14H19FN2O2/c1-9(12-5-3-10(15)7-13(12)18)16-11-4-6-14(19)17(2)8-11/h3,5,7,9,11,16,18H,4,6,8H2,1-2H3. The Balaban J connectivity index is 2.01. The van der Waals surface area contributed by atoms with E-state index in [2.05, 4.69) is 5.32 Å². The highest BCUT2D eigenvalue weighted by molar-refractivity contribution is 5.76. The van der Waals surface area contributed by atoms with E-state index in [0.717, 1.165) is 12.5 Å². The molecule has 104 valence electrons. The van der Waals surface area contributed by atoms with Crippen molar-refractivity contribution in [1.29, 1.82) is 0 Å². The summed E-state index contributed by atoms with van der Waals surface area (Å²) in [7, 11) is 1.79. The summed E-state index contributed by atoms with van der Waals surface area (Å²) < 4.78 is 12.9. The number of nitrogens with one attached hydrogen (secondary N) is 1. The predicted octanol–water partition coefficient (Wildman–Crippen LogP) is 1.80. The highest BCUT2D eigenvalue weighted by atomic mass is 19.1. The number of aromatic hydroxyl groups is 1. The Kier molecular flexibility index (Phi) is 4.04. The van der Waals surface area contributed by atoms with E-state index >= 15 is 0 Å². The lowest BCUT2D eigenvalue weighted by atomic mass is 10.0. The second kappa shape index (κ2) is 5.57. The fraction of sp³-hybridized carbons (Fsp3) is 0.500. The van der Waals surface area contributed by atoms with E-state index in [1.54, 1.807) is 18.0 Å². The Bertz CT molecular complexity index is 479. The molecule has 2 unspecified atom stereocenters. The predicted molar refractivity (Wildman–Crippen MR) is 70.3 cm³/mol. The van der Waals surface area contributed by atoms with Crippen LogP contribution in [0.25, 0.3) is 0 Å². The van der Waals surface area contributed by atoms with Gasteiger partial charge in [-0.15, -0.1) is 0 Å². The smallest absolute Gasteiger partial charge is 0.222 e. The van der Waals surface area contributed by atoms with Gasteiger partial charge in [0, 0.05) is 43.7 Å². The van der Waals surface area contributed by atoms with Gasteiger partial charge in [0.25, 0.3) is 0 Å². The average molecular weight is 266 g/mol. The minimum absolute atomic E-state index is 0.0414. The lowest BCUT2D eigenvalue weighted by Gasteiger charge is -2.32. The molecule has 2 N–H and O–H groups in total. The second-order valence-corrected chi connectivity index (χ2v) is 5.10. The summed E-state index contributed by atoms with van der Waals surface area (Å²) in [6.07, 6.45) is 1.33. The number of piperidine rings is 1. The number of phenols is 1. The Morgan fingerprint density at radius 2 is 2.26 bits per heavy atom. The number of carbonyl (C=O) groups is 1. The Labute approximate surface area is 112 Å². The molecule has 19 heavy (non-hydrogen) atoms. The molecule has 0 spiro atoms. The monoisotopic (exact) mass is 266 g/mol. The molecule has 1 aromatic rings. The zero-order valence-corrected chi connectivity index (χ0v) is 11.2. The number of benzene rings is 1. The van der Waals surface area contributed by atoms with Crippen LogP contribution in [0, 0.1) is 5.82 Å². The fourth-order valence-corrected chi connectivity index (χ4v) is 2.47. The summed E-state index contributed by atoms with van der Waals surface area (Å²) >= 11 is 0. The van der Waals surface area contributed by atoms with Crippen LogP contribution < -0.4 is 5.32 Å². The molecular weight excluding hydrogens is 247 g/mol. The van der Waals surface area contributed by atoms with Crippen molar-refractivity contribution in [2.45, 2.75) is 31.8 Å². The molecule has 1 aliphatic heterocycles. The summed E-state index contributed by atoms with van der Waals surface area (Å²) in [4.78, 5) is 13.1. The van der Waals surface area contributed by atoms with E-state index in [0.29, 0.717) is 18.5 Å². The molecule has 0 aliphatic carbocycles. The number of halogens is 1. The Morgan fingerprint density at radius 1 is 1.53 bits per heavy atom. The normalized spacial score (nSPS) is 21.5. The number of carbonyl (C=O) groups excluding carboxylic acids is 1. The van der Waals surface area contributed by atoms with Crippen LogP contribution >= 0.6 is 0 Å². The third-order valence-electron chi connectivity index (χ3n) is 3.57. The fourth-order valence-electron chi connectivity index (χ4n) is 2.47. The first-order valence-electron chi connectivity index (χ1n) is 6.46. The first kappa shape index (κ1) is 13.8. The number of phenolic OH excluding ortho intramolecular Hbond substituents is 1. The molecule has 1 aromatic carbocycles. The molecule has 0 radical (unpaired) electrons. The molecule has 1 fully saturated rings. The summed E-state index contributed by atoms with van der Waals surface area (Å²) in [6.45, 7) is 2.58. The molecular formula is C14H19FN2O2. The molecule has 0 aromatic heterocycles. The van der Waals surface area contributed by atoms with Crippen LogP contribution in [0.1, 0.15) is 31.4 Å². The Morgan fingerprint density at radius 3 is 2.89 bits per heavy atom. The van der Waals surface area contributed by atoms with Crippen LogP contribution in [0.5, 0.6) is 5.75 Å². The number of likely N-dealkylation sites (tertiary alicyclic amines) is 1. The number of amides is 1. The van der Waals surface area contributed by atoms with Crippen molar-refractivity contribution >= 4 is 5.91 Å². The second-order valence-electron chi connectivity index (χ2n) is 5.10. The van der Waals surface area contributed by atoms with Crippen molar-refractivity contribution in [1.82, 2.24) is 10.2 Å². The molecule has 2 atom stereocenters. The van der Waals surface area contributed by atoms with Crippen LogP contribution in [-0.4, -0.2) is 35.5 Å². The third-order valence-corrected chi connectivity index (χ3v) is 3.57. The van der Waals surface area contributed by atoms with Gasteiger partial charge in [0.2, 0.25) is 5.91 Å². The topological polar surface area (TPSA) is 52.6 Å². The Hall–Kier alpha value is -1.62. The molecule has 0 bridgehead atoms. The van der Waals surface area contributed by atoms with Crippen molar-refractivity contribution in [3.8, 4) is 5.75 Å². The van der Waals surface area contributed by atoms with Gasteiger partial charge < -0.3 is 15.3 Å². The molecule has 4 nitrogen and oxygen atoms in total. The molecule has 1 amide bonds. The van der Waals surface area contributed by atoms with E-state index in [9.17, 15) is 14.3 Å². The van der Waals surface area contributed by atoms with E-state index < -0.39 is 5.82 Å². The third kappa shape index (κ3) is 3.23. The molecule has 5 heteroatoms. The van der Waals surface area contributed by atoms with Gasteiger partial charge in [-0.3, -0.25) is 4.79 Å². The van der Waals surface area contributed by atoms with Crippen LogP contribution in [0.15, 0.2) is 18.2 Å². The first-order chi connectivity index (χ1) is 8.97. The molecule has 1 aliphatic rings. The van der Waals surface area contributed by atoms with Gasteiger partial charge in [0.05, 0.1) is 0 Å². The average Bonchev–Trinajstić information content (AvgIpc) is 2.33. The minimum Gasteiger partial charge on any atom is -0.508 e. The van der Waals surface area contributed by atoms with E-state index in [4.69, 9.17) is 0 Å². The van der Waals surface area contributed by atoms with E-state index in [1.807, 2.05) is 6.92 Å². The van der Waals surface area contributed by atoms with E-state index in [1.165, 1.54) is 6.07 Å². The van der Waals surface area contributed by atoms with Gasteiger partial charge >= 0.3 is 0 Å². The lowest BCUT2D eigenvalue weighted by molar-refractivity contribution is -0.132. The van der Waals surface area contributed by atoms with Gasteiger partial charge in [0.15, 0.2) is 0 Å². The minimum atomic E-state index is -0.448. The maximum atomic E-state index is 12.9. The number of nitrogens with zero attached hydrogens (tertiary/aromatic N) is 1. The summed E-state index contributed by atoms with van der Waals surface area (Å²) in [5.74, 6) is -0.327. The van der Waals surface area contributed by atoms with Gasteiger partial charge in [-0.1, -0.05) is 6.07 Å².